The Balaban J connectivity index is 0.892. The largest absolute Gasteiger partial charge is 0.434 e. The van der Waals surface area contributed by atoms with Gasteiger partial charge in [-0.25, -0.2) is 9.37 Å². The third kappa shape index (κ3) is 5.48. The zero-order valence-electron chi connectivity index (χ0n) is 27.3. The number of rotatable bonds is 8. The van der Waals surface area contributed by atoms with E-state index in [1.165, 1.54) is 69.6 Å². The number of aromatic nitrogens is 3. The first kappa shape index (κ1) is 30.2. The summed E-state index contributed by atoms with van der Waals surface area (Å²) in [6.07, 6.45) is 13.9. The molecule has 0 radical (unpaired) electrons. The lowest BCUT2D eigenvalue weighted by molar-refractivity contribution is -0.120. The highest BCUT2D eigenvalue weighted by atomic mass is 19.1. The van der Waals surface area contributed by atoms with Crippen molar-refractivity contribution in [1.82, 2.24) is 25.0 Å². The molecule has 2 bridgehead atoms. The number of piperidine rings is 1. The zero-order valence-corrected chi connectivity index (χ0v) is 27.3. The van der Waals surface area contributed by atoms with Gasteiger partial charge in [-0.2, -0.15) is 0 Å². The maximum atomic E-state index is 14.4. The van der Waals surface area contributed by atoms with Crippen LogP contribution in [0.25, 0.3) is 0 Å². The van der Waals surface area contributed by atoms with Crippen molar-refractivity contribution in [1.29, 1.82) is 0 Å². The van der Waals surface area contributed by atoms with Crippen LogP contribution in [0.4, 0.5) is 10.2 Å². The number of carbonyl (C=O) groups is 2. The van der Waals surface area contributed by atoms with Gasteiger partial charge in [0.2, 0.25) is 0 Å². The van der Waals surface area contributed by atoms with Crippen LogP contribution in [0.15, 0.2) is 24.5 Å². The molecule has 1 amide bonds. The highest BCUT2D eigenvalue weighted by Gasteiger charge is 2.54. The lowest BCUT2D eigenvalue weighted by Gasteiger charge is -2.56. The number of likely N-dealkylation sites (tertiary alicyclic amines) is 1. The van der Waals surface area contributed by atoms with Gasteiger partial charge in [-0.1, -0.05) is 0 Å². The number of ketones is 1. The average Bonchev–Trinajstić information content (AvgIpc) is 3.79. The molecule has 2 saturated heterocycles. The molecular formula is C36H47FN6O3. The summed E-state index contributed by atoms with van der Waals surface area (Å²) in [6.45, 7) is 9.22. The molecule has 2 aliphatic heterocycles. The molecule has 2 spiro atoms. The third-order valence-electron chi connectivity index (χ3n) is 12.6. The fraction of sp³-hybridized carbons (Fsp3) is 0.694. The summed E-state index contributed by atoms with van der Waals surface area (Å²) in [5, 5.41) is 8.25. The van der Waals surface area contributed by atoms with Crippen molar-refractivity contribution in [2.75, 3.05) is 37.6 Å². The molecule has 246 valence electrons. The Labute approximate surface area is 271 Å². The number of carbonyl (C=O) groups excluding carboxylic acids is 2. The van der Waals surface area contributed by atoms with Crippen LogP contribution < -0.4 is 9.64 Å². The molecule has 7 fully saturated rings. The van der Waals surface area contributed by atoms with E-state index in [4.69, 9.17) is 4.74 Å². The average molecular weight is 631 g/mol. The van der Waals surface area contributed by atoms with Gasteiger partial charge in [-0.05, 0) is 126 Å². The van der Waals surface area contributed by atoms with Gasteiger partial charge < -0.3 is 19.4 Å². The summed E-state index contributed by atoms with van der Waals surface area (Å²) in [4.78, 5) is 37.0. The first-order valence-electron chi connectivity index (χ1n) is 17.7. The van der Waals surface area contributed by atoms with E-state index in [-0.39, 0.29) is 40.6 Å². The van der Waals surface area contributed by atoms with Gasteiger partial charge in [0.1, 0.15) is 23.7 Å². The Kier molecular flexibility index (Phi) is 7.57. The minimum absolute atomic E-state index is 0.00215. The fourth-order valence-corrected chi connectivity index (χ4v) is 10.0. The van der Waals surface area contributed by atoms with Crippen molar-refractivity contribution in [3.63, 3.8) is 0 Å². The molecule has 3 heterocycles. The highest BCUT2D eigenvalue weighted by molar-refractivity contribution is 5.97. The van der Waals surface area contributed by atoms with Crippen LogP contribution in [0.5, 0.6) is 11.6 Å². The molecule has 9 nitrogen and oxygen atoms in total. The number of benzene rings is 1. The van der Waals surface area contributed by atoms with E-state index in [0.29, 0.717) is 17.0 Å². The predicted molar refractivity (Wildman–Crippen MR) is 171 cm³/mol. The van der Waals surface area contributed by atoms with Crippen molar-refractivity contribution in [3.05, 3.63) is 35.9 Å². The van der Waals surface area contributed by atoms with Gasteiger partial charge in [0.15, 0.2) is 5.82 Å². The second-order valence-electron chi connectivity index (χ2n) is 15.8. The first-order chi connectivity index (χ1) is 22.2. The minimum Gasteiger partial charge on any atom is -0.434 e. The van der Waals surface area contributed by atoms with E-state index >= 15 is 0 Å². The standard InChI is InChI=1S/C36H47FN6O3/c1-23(2)43(28-6-7-28)34(45)30-16-27(37)5-8-31(30)46-33-32(38-22-39-40-33)42-20-35(21-42)11-13-41(14-12-35)19-25-15-26-4-3-24(25)17-36(26)10-9-29(44)18-36/h5,8,16,22-26,28H,3-4,6-7,9-15,17-21H2,1-2H3/t24?,25-,26?,36?/m1/s1. The van der Waals surface area contributed by atoms with Crippen LogP contribution in [0.1, 0.15) is 94.8 Å². The van der Waals surface area contributed by atoms with E-state index in [1.54, 1.807) is 0 Å². The maximum Gasteiger partial charge on any atom is 0.282 e. The molecule has 3 unspecified atom stereocenters. The van der Waals surface area contributed by atoms with Gasteiger partial charge in [-0.15, -0.1) is 10.2 Å². The van der Waals surface area contributed by atoms with Crippen molar-refractivity contribution < 1.29 is 18.7 Å². The van der Waals surface area contributed by atoms with Gasteiger partial charge in [0, 0.05) is 50.0 Å². The second kappa shape index (κ2) is 11.5. The van der Waals surface area contributed by atoms with Crippen molar-refractivity contribution in [3.8, 4) is 11.6 Å². The molecule has 5 saturated carbocycles. The number of nitrogens with zero attached hydrogens (tertiary/aromatic N) is 6. The highest BCUT2D eigenvalue weighted by Crippen LogP contribution is 2.61. The monoisotopic (exact) mass is 630 g/mol. The molecular weight excluding hydrogens is 583 g/mol. The number of anilines is 1. The third-order valence-corrected chi connectivity index (χ3v) is 12.6. The molecule has 4 atom stereocenters. The second-order valence-corrected chi connectivity index (χ2v) is 15.8. The van der Waals surface area contributed by atoms with Crippen LogP contribution in [0.3, 0.4) is 0 Å². The summed E-state index contributed by atoms with van der Waals surface area (Å²) >= 11 is 0. The maximum absolute atomic E-state index is 14.4. The fourth-order valence-electron chi connectivity index (χ4n) is 10.0. The SMILES string of the molecule is CC(C)N(C(=O)c1cc(F)ccc1Oc1nncnc1N1CC2(CCN(C[C@H]3CC4CCC3CC43CCC(=O)C3)CC2)C1)C1CC1. The Hall–Kier alpha value is -3.14. The summed E-state index contributed by atoms with van der Waals surface area (Å²) in [7, 11) is 0. The molecule has 7 aliphatic rings. The van der Waals surface area contributed by atoms with Crippen molar-refractivity contribution in [2.45, 2.75) is 96.6 Å². The van der Waals surface area contributed by atoms with Crippen molar-refractivity contribution >= 4 is 17.5 Å². The predicted octanol–water partition coefficient (Wildman–Crippen LogP) is 5.89. The molecule has 1 aromatic carbocycles. The topological polar surface area (TPSA) is 91.8 Å². The Morgan fingerprint density at radius 2 is 1.93 bits per heavy atom. The Bertz CT molecular complexity index is 1500. The van der Waals surface area contributed by atoms with E-state index in [2.05, 4.69) is 25.0 Å². The number of halogens is 1. The molecule has 0 N–H and O–H groups in total. The van der Waals surface area contributed by atoms with Crippen LogP contribution in [-0.2, 0) is 4.79 Å². The normalized spacial score (nSPS) is 30.3. The number of ether oxygens (including phenoxy) is 1. The lowest BCUT2D eigenvalue weighted by Crippen LogP contribution is -2.61. The van der Waals surface area contributed by atoms with Gasteiger partial charge in [0.25, 0.3) is 11.8 Å². The van der Waals surface area contributed by atoms with Gasteiger partial charge >= 0.3 is 0 Å². The van der Waals surface area contributed by atoms with Crippen LogP contribution in [0, 0.1) is 34.4 Å². The van der Waals surface area contributed by atoms with Crippen molar-refractivity contribution in [2.24, 2.45) is 28.6 Å². The number of Topliss-reactive ketones (excluding diaryl/α,β-unsaturated/α-hetero) is 1. The number of hydrogen-bond donors (Lipinski definition) is 0. The minimum atomic E-state index is -0.478. The van der Waals surface area contributed by atoms with E-state index in [1.807, 2.05) is 18.7 Å². The molecule has 5 aliphatic carbocycles. The van der Waals surface area contributed by atoms with Gasteiger partial charge in [0.05, 0.1) is 5.56 Å². The Morgan fingerprint density at radius 1 is 1.13 bits per heavy atom. The smallest absolute Gasteiger partial charge is 0.282 e. The molecule has 2 aromatic rings. The van der Waals surface area contributed by atoms with Crippen LogP contribution >= 0.6 is 0 Å². The van der Waals surface area contributed by atoms with E-state index in [0.717, 1.165) is 76.0 Å². The first-order valence-corrected chi connectivity index (χ1v) is 17.7. The molecule has 1 aromatic heterocycles. The van der Waals surface area contributed by atoms with Crippen LogP contribution in [-0.4, -0.2) is 81.5 Å². The van der Waals surface area contributed by atoms with Crippen LogP contribution in [0.2, 0.25) is 0 Å². The summed E-state index contributed by atoms with van der Waals surface area (Å²) < 4.78 is 20.6. The number of fused-ring (bicyclic) bond motifs is 2. The van der Waals surface area contributed by atoms with Gasteiger partial charge in [-0.3, -0.25) is 9.59 Å². The summed E-state index contributed by atoms with van der Waals surface area (Å²) in [5.41, 5.74) is 0.815. The van der Waals surface area contributed by atoms with E-state index < -0.39 is 5.82 Å². The molecule has 10 heteroatoms. The number of amides is 1. The summed E-state index contributed by atoms with van der Waals surface area (Å²) in [5.74, 6) is 3.29. The molecule has 46 heavy (non-hydrogen) atoms. The van der Waals surface area contributed by atoms with E-state index in [9.17, 15) is 14.0 Å². The Morgan fingerprint density at radius 3 is 2.61 bits per heavy atom. The quantitative estimate of drug-likeness (QED) is 0.357. The summed E-state index contributed by atoms with van der Waals surface area (Å²) in [6, 6.07) is 4.27. The lowest BCUT2D eigenvalue weighted by atomic mass is 9.52. The molecule has 9 rings (SSSR count). The zero-order chi connectivity index (χ0) is 31.6. The number of hydrogen-bond acceptors (Lipinski definition) is 8.